The normalized spacial score (nSPS) is 16.3. The maximum Gasteiger partial charge on any atom is 0.325 e. The van der Waals surface area contributed by atoms with Gasteiger partial charge in [-0.2, -0.15) is 0 Å². The maximum atomic E-state index is 12.0. The molecule has 0 spiro atoms. The second-order valence-corrected chi connectivity index (χ2v) is 7.06. The average molecular weight is 374 g/mol. The quantitative estimate of drug-likeness (QED) is 0.725. The number of aromatic nitrogens is 1. The zero-order valence-corrected chi connectivity index (χ0v) is 15.4. The first-order valence-corrected chi connectivity index (χ1v) is 9.44. The number of hydrogen-bond donors (Lipinski definition) is 3. The Labute approximate surface area is 156 Å². The summed E-state index contributed by atoms with van der Waals surface area (Å²) in [4.78, 5) is 28.2. The molecule has 0 radical (unpaired) electrons. The Hall–Kier alpha value is -2.45. The molecule has 3 amide bonds. The maximum absolute atomic E-state index is 12.0. The van der Waals surface area contributed by atoms with E-state index in [2.05, 4.69) is 20.9 Å². The van der Waals surface area contributed by atoms with Gasteiger partial charge in [-0.15, -0.1) is 11.3 Å². The van der Waals surface area contributed by atoms with Crippen molar-refractivity contribution >= 4 is 34.1 Å². The lowest BCUT2D eigenvalue weighted by atomic mass is 10.2. The number of carbonyl (C=O) groups is 2. The molecule has 0 aliphatic carbocycles. The Morgan fingerprint density at radius 1 is 1.27 bits per heavy atom. The van der Waals surface area contributed by atoms with Gasteiger partial charge in [0.15, 0.2) is 5.13 Å². The molecule has 1 atom stereocenters. The highest BCUT2D eigenvalue weighted by molar-refractivity contribution is 7.14. The topological polar surface area (TPSA) is 92.4 Å². The van der Waals surface area contributed by atoms with Gasteiger partial charge in [0, 0.05) is 24.2 Å². The molecular weight excluding hydrogens is 352 g/mol. The zero-order chi connectivity index (χ0) is 18.4. The van der Waals surface area contributed by atoms with Crippen LogP contribution in [0.25, 0.3) is 0 Å². The number of benzene rings is 1. The number of carbonyl (C=O) groups excluding carboxylic acids is 2. The lowest BCUT2D eigenvalue weighted by molar-refractivity contribution is -0.121. The molecule has 0 bridgehead atoms. The van der Waals surface area contributed by atoms with Crippen LogP contribution < -0.4 is 16.0 Å². The van der Waals surface area contributed by atoms with Gasteiger partial charge in [-0.3, -0.25) is 10.1 Å². The molecule has 0 saturated carbocycles. The summed E-state index contributed by atoms with van der Waals surface area (Å²) in [6, 6.07) is 7.15. The van der Waals surface area contributed by atoms with Crippen molar-refractivity contribution in [3.8, 4) is 0 Å². The monoisotopic (exact) mass is 374 g/mol. The zero-order valence-electron chi connectivity index (χ0n) is 14.6. The van der Waals surface area contributed by atoms with Crippen molar-refractivity contribution in [3.05, 3.63) is 40.9 Å². The highest BCUT2D eigenvalue weighted by Gasteiger charge is 2.16. The predicted octanol–water partition coefficient (Wildman–Crippen LogP) is 2.93. The first-order valence-electron chi connectivity index (χ1n) is 8.56. The van der Waals surface area contributed by atoms with E-state index in [0.717, 1.165) is 25.0 Å². The van der Waals surface area contributed by atoms with Crippen molar-refractivity contribution in [1.29, 1.82) is 0 Å². The van der Waals surface area contributed by atoms with Crippen LogP contribution in [0.5, 0.6) is 0 Å². The second kappa shape index (κ2) is 8.77. The molecule has 138 valence electrons. The molecular formula is C18H22N4O3S. The second-order valence-electron chi connectivity index (χ2n) is 6.21. The lowest BCUT2D eigenvalue weighted by Crippen LogP contribution is -2.32. The van der Waals surface area contributed by atoms with Crippen LogP contribution in [0.4, 0.5) is 15.6 Å². The molecule has 3 rings (SSSR count). The summed E-state index contributed by atoms with van der Waals surface area (Å²) in [5.74, 6) is -0.0959. The van der Waals surface area contributed by atoms with Gasteiger partial charge in [0.2, 0.25) is 5.91 Å². The minimum absolute atomic E-state index is 0.0959. The van der Waals surface area contributed by atoms with E-state index >= 15 is 0 Å². The smallest absolute Gasteiger partial charge is 0.325 e. The van der Waals surface area contributed by atoms with Crippen LogP contribution in [0.1, 0.15) is 24.1 Å². The fraction of sp³-hybridized carbons (Fsp3) is 0.389. The standard InChI is InChI=1S/C18H22N4O3S/c1-12-4-6-13(7-5-12)20-17(24)22-18-21-14(11-26-18)9-16(23)19-10-15-3-2-8-25-15/h4-7,11,15H,2-3,8-10H2,1H3,(H,19,23)(H2,20,21,22,24). The highest BCUT2D eigenvalue weighted by atomic mass is 32.1. The van der Waals surface area contributed by atoms with Gasteiger partial charge in [-0.1, -0.05) is 17.7 Å². The van der Waals surface area contributed by atoms with Gasteiger partial charge in [0.25, 0.3) is 0 Å². The van der Waals surface area contributed by atoms with Crippen LogP contribution in [0.15, 0.2) is 29.6 Å². The van der Waals surface area contributed by atoms with E-state index in [0.29, 0.717) is 23.1 Å². The minimum atomic E-state index is -0.363. The van der Waals surface area contributed by atoms with Crippen molar-refractivity contribution in [2.45, 2.75) is 32.3 Å². The molecule has 1 aliphatic rings. The Kier molecular flexibility index (Phi) is 6.19. The van der Waals surface area contributed by atoms with Crippen molar-refractivity contribution in [3.63, 3.8) is 0 Å². The third-order valence-electron chi connectivity index (χ3n) is 3.97. The van der Waals surface area contributed by atoms with E-state index in [1.807, 2.05) is 31.2 Å². The molecule has 1 unspecified atom stereocenters. The molecule has 1 saturated heterocycles. The molecule has 7 nitrogen and oxygen atoms in total. The summed E-state index contributed by atoms with van der Waals surface area (Å²) in [7, 11) is 0. The Bertz CT molecular complexity index is 754. The van der Waals surface area contributed by atoms with Crippen molar-refractivity contribution in [2.75, 3.05) is 23.8 Å². The molecule has 1 aromatic carbocycles. The molecule has 3 N–H and O–H groups in total. The van der Waals surface area contributed by atoms with E-state index in [4.69, 9.17) is 4.74 Å². The van der Waals surface area contributed by atoms with E-state index in [9.17, 15) is 9.59 Å². The Morgan fingerprint density at radius 2 is 2.08 bits per heavy atom. The average Bonchev–Trinajstić information content (AvgIpc) is 3.27. The SMILES string of the molecule is Cc1ccc(NC(=O)Nc2nc(CC(=O)NCC3CCCO3)cs2)cc1. The van der Waals surface area contributed by atoms with Crippen LogP contribution >= 0.6 is 11.3 Å². The number of anilines is 2. The molecule has 1 aromatic heterocycles. The Balaban J connectivity index is 1.43. The molecule has 26 heavy (non-hydrogen) atoms. The summed E-state index contributed by atoms with van der Waals surface area (Å²) in [5, 5.41) is 10.5. The van der Waals surface area contributed by atoms with Crippen LogP contribution in [0.3, 0.4) is 0 Å². The first kappa shape index (κ1) is 18.3. The van der Waals surface area contributed by atoms with Crippen molar-refractivity contribution in [2.24, 2.45) is 0 Å². The van der Waals surface area contributed by atoms with Crippen molar-refractivity contribution < 1.29 is 14.3 Å². The summed E-state index contributed by atoms with van der Waals surface area (Å²) in [6.07, 6.45) is 2.34. The third-order valence-corrected chi connectivity index (χ3v) is 4.78. The van der Waals surface area contributed by atoms with Gasteiger partial charge < -0.3 is 15.4 Å². The molecule has 2 heterocycles. The van der Waals surface area contributed by atoms with Crippen LogP contribution in [0.2, 0.25) is 0 Å². The summed E-state index contributed by atoms with van der Waals surface area (Å²) in [5.41, 5.74) is 2.46. The summed E-state index contributed by atoms with van der Waals surface area (Å²) in [6.45, 7) is 3.29. The summed E-state index contributed by atoms with van der Waals surface area (Å²) >= 11 is 1.29. The fourth-order valence-electron chi connectivity index (χ4n) is 2.60. The number of nitrogens with one attached hydrogen (secondary N) is 3. The van der Waals surface area contributed by atoms with E-state index in [1.165, 1.54) is 11.3 Å². The molecule has 2 aromatic rings. The largest absolute Gasteiger partial charge is 0.376 e. The number of rotatable bonds is 6. The molecule has 8 heteroatoms. The number of thiazole rings is 1. The van der Waals surface area contributed by atoms with E-state index in [-0.39, 0.29) is 24.5 Å². The highest BCUT2D eigenvalue weighted by Crippen LogP contribution is 2.17. The van der Waals surface area contributed by atoms with E-state index < -0.39 is 0 Å². The number of ether oxygens (including phenoxy) is 1. The number of aryl methyl sites for hydroxylation is 1. The van der Waals surface area contributed by atoms with E-state index in [1.54, 1.807) is 5.38 Å². The number of urea groups is 1. The Morgan fingerprint density at radius 3 is 2.81 bits per heavy atom. The minimum Gasteiger partial charge on any atom is -0.376 e. The van der Waals surface area contributed by atoms with Crippen LogP contribution in [0, 0.1) is 6.92 Å². The van der Waals surface area contributed by atoms with Crippen molar-refractivity contribution in [1.82, 2.24) is 10.3 Å². The molecule has 1 fully saturated rings. The summed E-state index contributed by atoms with van der Waals surface area (Å²) < 4.78 is 5.47. The van der Waals surface area contributed by atoms with Gasteiger partial charge in [0.05, 0.1) is 18.2 Å². The van der Waals surface area contributed by atoms with Crippen LogP contribution in [-0.2, 0) is 16.0 Å². The van der Waals surface area contributed by atoms with Gasteiger partial charge in [-0.05, 0) is 31.9 Å². The van der Waals surface area contributed by atoms with Crippen LogP contribution in [-0.4, -0.2) is 36.2 Å². The molecule has 1 aliphatic heterocycles. The van der Waals surface area contributed by atoms with Gasteiger partial charge in [0.1, 0.15) is 0 Å². The van der Waals surface area contributed by atoms with Gasteiger partial charge in [-0.25, -0.2) is 9.78 Å². The number of nitrogens with zero attached hydrogens (tertiary/aromatic N) is 1. The van der Waals surface area contributed by atoms with Gasteiger partial charge >= 0.3 is 6.03 Å². The first-order chi connectivity index (χ1) is 12.6. The third kappa shape index (κ3) is 5.53. The lowest BCUT2D eigenvalue weighted by Gasteiger charge is -2.10. The number of hydrogen-bond acceptors (Lipinski definition) is 5. The fourth-order valence-corrected chi connectivity index (χ4v) is 3.31. The number of amides is 3. The predicted molar refractivity (Wildman–Crippen MR) is 102 cm³/mol.